The molecule has 0 fully saturated rings. The molecule has 0 aliphatic heterocycles. The lowest BCUT2D eigenvalue weighted by molar-refractivity contribution is 0.649. The van der Waals surface area contributed by atoms with Crippen LogP contribution in [0.2, 0.25) is 0 Å². The standard InChI is InChI=1S/C22H21N7O/c1-2-29-21(30)19-12-6-7-13-20(19)24-22(29)26-23-14-8-11-18-16-28(27-25-18)15-17-9-4-3-5-10-17/h3-14,16H,2,15H2,1H3,(H,24,26)/b11-8+,23-14-. The van der Waals surface area contributed by atoms with E-state index in [-0.39, 0.29) is 5.56 Å². The highest BCUT2D eigenvalue weighted by Crippen LogP contribution is 2.11. The molecule has 2 aromatic heterocycles. The third-order valence-corrected chi connectivity index (χ3v) is 4.51. The van der Waals surface area contributed by atoms with Crippen molar-refractivity contribution in [2.45, 2.75) is 20.0 Å². The van der Waals surface area contributed by atoms with E-state index >= 15 is 0 Å². The van der Waals surface area contributed by atoms with Gasteiger partial charge >= 0.3 is 0 Å². The van der Waals surface area contributed by atoms with Gasteiger partial charge in [0.25, 0.3) is 5.56 Å². The van der Waals surface area contributed by atoms with Crippen LogP contribution in [-0.4, -0.2) is 30.8 Å². The lowest BCUT2D eigenvalue weighted by Crippen LogP contribution is -2.23. The minimum absolute atomic E-state index is 0.0913. The van der Waals surface area contributed by atoms with Crippen molar-refractivity contribution in [3.8, 4) is 0 Å². The van der Waals surface area contributed by atoms with E-state index < -0.39 is 0 Å². The van der Waals surface area contributed by atoms with E-state index in [4.69, 9.17) is 0 Å². The Bertz CT molecular complexity index is 1260. The molecule has 8 nitrogen and oxygen atoms in total. The first-order chi connectivity index (χ1) is 14.7. The number of rotatable bonds is 7. The first-order valence-corrected chi connectivity index (χ1v) is 9.64. The molecule has 150 valence electrons. The molecule has 2 heterocycles. The molecule has 0 aliphatic carbocycles. The molecule has 4 aromatic rings. The highest BCUT2D eigenvalue weighted by atomic mass is 16.1. The highest BCUT2D eigenvalue weighted by Gasteiger charge is 2.08. The second kappa shape index (κ2) is 8.95. The fourth-order valence-electron chi connectivity index (χ4n) is 3.06. The molecule has 0 spiro atoms. The summed E-state index contributed by atoms with van der Waals surface area (Å²) < 4.78 is 3.34. The Kier molecular flexibility index (Phi) is 5.75. The average molecular weight is 399 g/mol. The maximum atomic E-state index is 12.6. The Hall–Kier alpha value is -4.07. The average Bonchev–Trinajstić information content (AvgIpc) is 3.21. The van der Waals surface area contributed by atoms with E-state index in [0.717, 1.165) is 11.3 Å². The van der Waals surface area contributed by atoms with Gasteiger partial charge in [-0.25, -0.2) is 15.1 Å². The van der Waals surface area contributed by atoms with Crippen LogP contribution in [0.3, 0.4) is 0 Å². The summed E-state index contributed by atoms with van der Waals surface area (Å²) >= 11 is 0. The Balaban J connectivity index is 1.42. The smallest absolute Gasteiger partial charge is 0.262 e. The lowest BCUT2D eigenvalue weighted by atomic mass is 10.2. The van der Waals surface area contributed by atoms with Crippen molar-refractivity contribution in [2.75, 3.05) is 5.43 Å². The van der Waals surface area contributed by atoms with Crippen LogP contribution < -0.4 is 11.0 Å². The number of anilines is 1. The van der Waals surface area contributed by atoms with Crippen molar-refractivity contribution in [2.24, 2.45) is 5.10 Å². The predicted octanol–water partition coefficient (Wildman–Crippen LogP) is 3.17. The van der Waals surface area contributed by atoms with Crippen LogP contribution >= 0.6 is 0 Å². The molecule has 0 aliphatic rings. The van der Waals surface area contributed by atoms with Crippen molar-refractivity contribution in [1.29, 1.82) is 0 Å². The van der Waals surface area contributed by atoms with E-state index in [1.54, 1.807) is 33.7 Å². The van der Waals surface area contributed by atoms with Gasteiger partial charge in [-0.3, -0.25) is 9.36 Å². The van der Waals surface area contributed by atoms with Crippen LogP contribution in [0.25, 0.3) is 17.0 Å². The normalized spacial score (nSPS) is 11.6. The van der Waals surface area contributed by atoms with E-state index in [0.29, 0.717) is 29.9 Å². The van der Waals surface area contributed by atoms with Crippen LogP contribution in [0.5, 0.6) is 0 Å². The molecule has 0 atom stereocenters. The van der Waals surface area contributed by atoms with Crippen molar-refractivity contribution >= 4 is 29.1 Å². The number of allylic oxidation sites excluding steroid dienone is 1. The second-order valence-corrected chi connectivity index (χ2v) is 6.58. The number of hydrogen-bond acceptors (Lipinski definition) is 6. The number of hydrazone groups is 1. The highest BCUT2D eigenvalue weighted by molar-refractivity contribution is 5.79. The van der Waals surface area contributed by atoms with Gasteiger partial charge < -0.3 is 0 Å². The molecule has 0 radical (unpaired) electrons. The fraction of sp³-hybridized carbons (Fsp3) is 0.136. The Morgan fingerprint density at radius 3 is 2.73 bits per heavy atom. The van der Waals surface area contributed by atoms with E-state index in [9.17, 15) is 4.79 Å². The SMILES string of the molecule is CCn1c(N/N=C\C=C\c2cn(Cc3ccccc3)nn2)nc2ccccc2c1=O. The van der Waals surface area contributed by atoms with Crippen LogP contribution in [0.4, 0.5) is 5.95 Å². The molecule has 0 bridgehead atoms. The van der Waals surface area contributed by atoms with Gasteiger partial charge in [0.05, 0.1) is 23.6 Å². The van der Waals surface area contributed by atoms with Gasteiger partial charge in [0.1, 0.15) is 5.69 Å². The minimum Gasteiger partial charge on any atom is -0.277 e. The molecule has 1 N–H and O–H groups in total. The zero-order valence-corrected chi connectivity index (χ0v) is 16.5. The number of nitrogens with one attached hydrogen (secondary N) is 1. The first-order valence-electron chi connectivity index (χ1n) is 9.64. The number of para-hydroxylation sites is 1. The number of fused-ring (bicyclic) bond motifs is 1. The summed E-state index contributed by atoms with van der Waals surface area (Å²) in [7, 11) is 0. The van der Waals surface area contributed by atoms with Gasteiger partial charge in [0.15, 0.2) is 0 Å². The summed E-state index contributed by atoms with van der Waals surface area (Å²) in [6.45, 7) is 3.06. The molecule has 2 aromatic carbocycles. The zero-order chi connectivity index (χ0) is 20.8. The maximum absolute atomic E-state index is 12.6. The van der Waals surface area contributed by atoms with E-state index in [2.05, 4.69) is 25.8 Å². The third-order valence-electron chi connectivity index (χ3n) is 4.51. The van der Waals surface area contributed by atoms with Crippen molar-refractivity contribution < 1.29 is 0 Å². The molecule has 0 saturated carbocycles. The summed E-state index contributed by atoms with van der Waals surface area (Å²) in [4.78, 5) is 17.1. The third kappa shape index (κ3) is 4.33. The predicted molar refractivity (Wildman–Crippen MR) is 118 cm³/mol. The zero-order valence-electron chi connectivity index (χ0n) is 16.5. The van der Waals surface area contributed by atoms with Crippen LogP contribution in [0.15, 0.2) is 76.8 Å². The van der Waals surface area contributed by atoms with Gasteiger partial charge in [-0.1, -0.05) is 47.7 Å². The molecule has 4 rings (SSSR count). The number of aromatic nitrogens is 5. The molecule has 30 heavy (non-hydrogen) atoms. The summed E-state index contributed by atoms with van der Waals surface area (Å²) in [5, 5.41) is 13.0. The second-order valence-electron chi connectivity index (χ2n) is 6.58. The topological polar surface area (TPSA) is 90.0 Å². The molecule has 8 heteroatoms. The van der Waals surface area contributed by atoms with Gasteiger partial charge in [0, 0.05) is 12.8 Å². The molecular weight excluding hydrogens is 378 g/mol. The Labute approximate surface area is 173 Å². The van der Waals surface area contributed by atoms with Crippen LogP contribution in [0, 0.1) is 0 Å². The fourth-order valence-corrected chi connectivity index (χ4v) is 3.06. The largest absolute Gasteiger partial charge is 0.277 e. The van der Waals surface area contributed by atoms with Crippen molar-refractivity contribution in [3.63, 3.8) is 0 Å². The maximum Gasteiger partial charge on any atom is 0.262 e. The van der Waals surface area contributed by atoms with Crippen molar-refractivity contribution in [3.05, 3.63) is 88.5 Å². The van der Waals surface area contributed by atoms with Gasteiger partial charge in [-0.2, -0.15) is 5.10 Å². The van der Waals surface area contributed by atoms with E-state index in [1.807, 2.05) is 61.7 Å². The Morgan fingerprint density at radius 2 is 1.90 bits per heavy atom. The molecule has 0 unspecified atom stereocenters. The number of hydrogen-bond donors (Lipinski definition) is 1. The van der Waals surface area contributed by atoms with E-state index in [1.165, 1.54) is 0 Å². The van der Waals surface area contributed by atoms with Crippen LogP contribution in [-0.2, 0) is 13.1 Å². The van der Waals surface area contributed by atoms with Gasteiger partial charge in [-0.15, -0.1) is 5.10 Å². The van der Waals surface area contributed by atoms with Crippen molar-refractivity contribution in [1.82, 2.24) is 24.5 Å². The number of benzene rings is 2. The van der Waals surface area contributed by atoms with Gasteiger partial charge in [-0.05, 0) is 36.8 Å². The Morgan fingerprint density at radius 1 is 1.10 bits per heavy atom. The summed E-state index contributed by atoms with van der Waals surface area (Å²) in [5.74, 6) is 0.402. The molecule has 0 saturated heterocycles. The quantitative estimate of drug-likeness (QED) is 0.381. The first kappa shape index (κ1) is 19.3. The van der Waals surface area contributed by atoms with Gasteiger partial charge in [0.2, 0.25) is 5.95 Å². The summed E-state index contributed by atoms with van der Waals surface area (Å²) in [6, 6.07) is 17.3. The monoisotopic (exact) mass is 399 g/mol. The summed E-state index contributed by atoms with van der Waals surface area (Å²) in [6.07, 6.45) is 7.00. The molecule has 0 amide bonds. The lowest BCUT2D eigenvalue weighted by Gasteiger charge is -2.10. The minimum atomic E-state index is -0.0913. The molecular formula is C22H21N7O. The van der Waals surface area contributed by atoms with Crippen LogP contribution in [0.1, 0.15) is 18.2 Å². The summed E-state index contributed by atoms with van der Waals surface area (Å²) in [5.41, 5.74) is 5.28. The number of nitrogens with zero attached hydrogens (tertiary/aromatic N) is 6.